The van der Waals surface area contributed by atoms with Crippen molar-refractivity contribution < 1.29 is 24.2 Å². The number of rotatable bonds is 1. The van der Waals surface area contributed by atoms with E-state index in [0.29, 0.717) is 25.9 Å². The fraction of sp³-hybridized carbons (Fsp3) is 0.882. The van der Waals surface area contributed by atoms with Crippen molar-refractivity contribution in [3.8, 4) is 0 Å². The van der Waals surface area contributed by atoms with Crippen molar-refractivity contribution in [3.63, 3.8) is 0 Å². The summed E-state index contributed by atoms with van der Waals surface area (Å²) in [7, 11) is 0. The smallest absolute Gasteiger partial charge is 0.413 e. The van der Waals surface area contributed by atoms with E-state index < -0.39 is 29.6 Å². The van der Waals surface area contributed by atoms with E-state index in [9.17, 15) is 14.7 Å². The van der Waals surface area contributed by atoms with Crippen molar-refractivity contribution >= 4 is 12.0 Å². The molecule has 0 aromatic heterocycles. The van der Waals surface area contributed by atoms with Gasteiger partial charge in [0, 0.05) is 13.1 Å². The molecular formula is C17H30N2O5. The predicted molar refractivity (Wildman–Crippen MR) is 88.3 cm³/mol. The van der Waals surface area contributed by atoms with Gasteiger partial charge in [0.25, 0.3) is 0 Å². The molecule has 24 heavy (non-hydrogen) atoms. The van der Waals surface area contributed by atoms with Crippen LogP contribution in [-0.4, -0.2) is 69.6 Å². The number of amides is 2. The van der Waals surface area contributed by atoms with Gasteiger partial charge in [0.1, 0.15) is 17.4 Å². The predicted octanol–water partition coefficient (Wildman–Crippen LogP) is 1.73. The van der Waals surface area contributed by atoms with E-state index in [4.69, 9.17) is 9.47 Å². The van der Waals surface area contributed by atoms with Gasteiger partial charge in [-0.2, -0.15) is 0 Å². The Morgan fingerprint density at radius 3 is 2.25 bits per heavy atom. The van der Waals surface area contributed by atoms with E-state index in [-0.39, 0.29) is 12.0 Å². The van der Waals surface area contributed by atoms with Gasteiger partial charge in [-0.1, -0.05) is 0 Å². The maximum Gasteiger partial charge on any atom is 0.413 e. The van der Waals surface area contributed by atoms with Crippen molar-refractivity contribution in [2.24, 2.45) is 0 Å². The zero-order valence-electron chi connectivity index (χ0n) is 15.5. The lowest BCUT2D eigenvalue weighted by atomic mass is 10.0. The van der Waals surface area contributed by atoms with Crippen LogP contribution in [0, 0.1) is 0 Å². The van der Waals surface area contributed by atoms with Crippen molar-refractivity contribution in [2.45, 2.75) is 84.0 Å². The van der Waals surface area contributed by atoms with Gasteiger partial charge in [-0.15, -0.1) is 0 Å². The molecule has 2 aliphatic rings. The molecule has 0 aliphatic carbocycles. The van der Waals surface area contributed by atoms with E-state index in [1.54, 1.807) is 46.4 Å². The van der Waals surface area contributed by atoms with Crippen molar-refractivity contribution in [3.05, 3.63) is 0 Å². The van der Waals surface area contributed by atoms with Gasteiger partial charge in [0.15, 0.2) is 0 Å². The van der Waals surface area contributed by atoms with Crippen LogP contribution in [0.4, 0.5) is 4.79 Å². The third-order valence-corrected chi connectivity index (χ3v) is 4.40. The number of carbonyl (C=O) groups is 2. The van der Waals surface area contributed by atoms with Gasteiger partial charge in [-0.05, 0) is 54.4 Å². The number of carbonyl (C=O) groups excluding carboxylic acids is 2. The summed E-state index contributed by atoms with van der Waals surface area (Å²) in [5.74, 6) is -0.147. The zero-order valence-corrected chi connectivity index (χ0v) is 15.5. The molecule has 0 unspecified atom stereocenters. The second-order valence-electron chi connectivity index (χ2n) is 8.12. The van der Waals surface area contributed by atoms with Crippen LogP contribution in [0.3, 0.4) is 0 Å². The molecule has 138 valence electrons. The number of likely N-dealkylation sites (tertiary alicyclic amines) is 1. The minimum absolute atomic E-state index is 0.147. The van der Waals surface area contributed by atoms with Gasteiger partial charge in [0.05, 0.1) is 12.2 Å². The maximum atomic E-state index is 13.0. The van der Waals surface area contributed by atoms with Crippen LogP contribution in [-0.2, 0) is 14.3 Å². The third kappa shape index (κ3) is 4.00. The van der Waals surface area contributed by atoms with E-state index in [1.807, 2.05) is 0 Å². The van der Waals surface area contributed by atoms with Crippen LogP contribution in [0.1, 0.15) is 54.4 Å². The second-order valence-corrected chi connectivity index (χ2v) is 8.12. The first kappa shape index (κ1) is 19.0. The average molecular weight is 342 g/mol. The molecule has 2 fully saturated rings. The summed E-state index contributed by atoms with van der Waals surface area (Å²) in [6.07, 6.45) is -0.212. The summed E-state index contributed by atoms with van der Waals surface area (Å²) >= 11 is 0. The number of hydrogen-bond acceptors (Lipinski definition) is 5. The molecule has 7 heteroatoms. The molecule has 2 saturated heterocycles. The van der Waals surface area contributed by atoms with Crippen LogP contribution in [0.5, 0.6) is 0 Å². The Bertz CT molecular complexity index is 492. The molecule has 0 aromatic carbocycles. The Morgan fingerprint density at radius 1 is 1.21 bits per heavy atom. The van der Waals surface area contributed by atoms with E-state index >= 15 is 0 Å². The van der Waals surface area contributed by atoms with Gasteiger partial charge in [0.2, 0.25) is 5.91 Å². The minimum atomic E-state index is -0.919. The SMILES string of the molecule is C[C@@H]1OC(C)(C)N(C(=O)OC(C)(C)C)[C@H]1C(=O)N1CCC(O)CC1. The van der Waals surface area contributed by atoms with Gasteiger partial charge >= 0.3 is 6.09 Å². The minimum Gasteiger partial charge on any atom is -0.444 e. The molecule has 2 aliphatic heterocycles. The number of aliphatic hydroxyl groups is 1. The summed E-state index contributed by atoms with van der Waals surface area (Å²) in [6.45, 7) is 11.7. The molecule has 0 bridgehead atoms. The second kappa shape index (κ2) is 6.52. The molecule has 2 heterocycles. The molecule has 2 amide bonds. The number of hydrogen-bond donors (Lipinski definition) is 1. The van der Waals surface area contributed by atoms with Gasteiger partial charge in [-0.25, -0.2) is 4.79 Å². The first-order valence-electron chi connectivity index (χ1n) is 8.59. The standard InChI is InChI=1S/C17H30N2O5/c1-11-13(14(21)18-9-7-12(20)8-10-18)19(17(5,6)23-11)15(22)24-16(2,3)4/h11-13,20H,7-10H2,1-6H3/t11-,13+/m0/s1. The summed E-state index contributed by atoms with van der Waals surface area (Å²) in [5, 5.41) is 9.63. The summed E-state index contributed by atoms with van der Waals surface area (Å²) in [5.41, 5.74) is -1.57. The van der Waals surface area contributed by atoms with Crippen LogP contribution < -0.4 is 0 Å². The first-order chi connectivity index (χ1) is 10.9. The lowest BCUT2D eigenvalue weighted by Crippen LogP contribution is -2.57. The normalized spacial score (nSPS) is 28.1. The summed E-state index contributed by atoms with van der Waals surface area (Å²) in [6, 6.07) is -0.718. The van der Waals surface area contributed by atoms with E-state index in [0.717, 1.165) is 0 Å². The highest BCUT2D eigenvalue weighted by molar-refractivity contribution is 5.87. The first-order valence-corrected chi connectivity index (χ1v) is 8.59. The largest absolute Gasteiger partial charge is 0.444 e. The van der Waals surface area contributed by atoms with Gasteiger partial charge < -0.3 is 19.5 Å². The summed E-state index contributed by atoms with van der Waals surface area (Å²) in [4.78, 5) is 28.8. The highest BCUT2D eigenvalue weighted by Crippen LogP contribution is 2.34. The number of piperidine rings is 1. The Kier molecular flexibility index (Phi) is 5.16. The van der Waals surface area contributed by atoms with Crippen molar-refractivity contribution in [1.29, 1.82) is 0 Å². The molecule has 0 radical (unpaired) electrons. The molecule has 0 aromatic rings. The Morgan fingerprint density at radius 2 is 1.75 bits per heavy atom. The fourth-order valence-electron chi connectivity index (χ4n) is 3.35. The Balaban J connectivity index is 2.21. The lowest BCUT2D eigenvalue weighted by Gasteiger charge is -2.37. The Labute approximate surface area is 143 Å². The fourth-order valence-corrected chi connectivity index (χ4v) is 3.35. The molecule has 2 rings (SSSR count). The molecule has 1 N–H and O–H groups in total. The average Bonchev–Trinajstić information content (AvgIpc) is 2.66. The zero-order chi connectivity index (χ0) is 18.3. The maximum absolute atomic E-state index is 13.0. The van der Waals surface area contributed by atoms with Crippen LogP contribution in [0.25, 0.3) is 0 Å². The van der Waals surface area contributed by atoms with E-state index in [2.05, 4.69) is 0 Å². The summed E-state index contributed by atoms with van der Waals surface area (Å²) < 4.78 is 11.4. The molecule has 0 saturated carbocycles. The molecule has 2 atom stereocenters. The highest BCUT2D eigenvalue weighted by atomic mass is 16.6. The van der Waals surface area contributed by atoms with E-state index in [1.165, 1.54) is 4.90 Å². The molecular weight excluding hydrogens is 312 g/mol. The van der Waals surface area contributed by atoms with Crippen LogP contribution in [0.2, 0.25) is 0 Å². The van der Waals surface area contributed by atoms with Crippen molar-refractivity contribution in [2.75, 3.05) is 13.1 Å². The van der Waals surface area contributed by atoms with Gasteiger partial charge in [-0.3, -0.25) is 9.69 Å². The van der Waals surface area contributed by atoms with Crippen molar-refractivity contribution in [1.82, 2.24) is 9.80 Å². The van der Waals surface area contributed by atoms with Crippen LogP contribution in [0.15, 0.2) is 0 Å². The molecule has 7 nitrogen and oxygen atoms in total. The molecule has 0 spiro atoms. The topological polar surface area (TPSA) is 79.3 Å². The highest BCUT2D eigenvalue weighted by Gasteiger charge is 2.53. The quantitative estimate of drug-likeness (QED) is 0.785. The third-order valence-electron chi connectivity index (χ3n) is 4.40. The Hall–Kier alpha value is -1.34. The number of nitrogens with zero attached hydrogens (tertiary/aromatic N) is 2. The lowest BCUT2D eigenvalue weighted by molar-refractivity contribution is -0.139. The van der Waals surface area contributed by atoms with Crippen LogP contribution >= 0.6 is 0 Å². The monoisotopic (exact) mass is 342 g/mol. The number of aliphatic hydroxyl groups excluding tert-OH is 1. The number of ether oxygens (including phenoxy) is 2.